The van der Waals surface area contributed by atoms with E-state index in [1.807, 2.05) is 13.8 Å². The maximum Gasteiger partial charge on any atom is 0.191 e. The molecule has 1 fully saturated rings. The van der Waals surface area contributed by atoms with Crippen molar-refractivity contribution < 1.29 is 13.5 Å². The van der Waals surface area contributed by atoms with Gasteiger partial charge in [-0.05, 0) is 33.1 Å². The lowest BCUT2D eigenvalue weighted by Crippen LogP contribution is -2.44. The maximum absolute atomic E-state index is 11.2. The Kier molecular flexibility index (Phi) is 9.88. The van der Waals surface area contributed by atoms with E-state index in [4.69, 9.17) is 0 Å². The van der Waals surface area contributed by atoms with Crippen molar-refractivity contribution in [3.8, 4) is 0 Å². The number of rotatable bonds is 7. The van der Waals surface area contributed by atoms with Crippen LogP contribution in [0.2, 0.25) is 0 Å². The monoisotopic (exact) mass is 447 g/mol. The minimum absolute atomic E-state index is 0. The predicted molar refractivity (Wildman–Crippen MR) is 102 cm³/mol. The van der Waals surface area contributed by atoms with Gasteiger partial charge < -0.3 is 15.7 Å². The van der Waals surface area contributed by atoms with E-state index in [0.717, 1.165) is 32.2 Å². The number of hydrogen-bond donors (Lipinski definition) is 3. The van der Waals surface area contributed by atoms with E-state index in [1.54, 1.807) is 0 Å². The third-order valence-corrected chi connectivity index (χ3v) is 4.69. The number of nitrogens with zero attached hydrogens (tertiary/aromatic N) is 1. The molecule has 0 spiro atoms. The Balaban J connectivity index is 0.00000441. The summed E-state index contributed by atoms with van der Waals surface area (Å²) in [7, 11) is -2.94. The van der Waals surface area contributed by atoms with Crippen LogP contribution < -0.4 is 10.6 Å². The standard InChI is InChI=1S/C14H29N3O3S.HI/c1-4-15-13(16-11-14(18)8-5-6-9-14)17-12(2)7-10-21(3,19)20;/h12,18H,4-11H2,1-3H3,(H2,15,16,17);1H. The van der Waals surface area contributed by atoms with Gasteiger partial charge in [-0.25, -0.2) is 8.42 Å². The number of sulfone groups is 1. The smallest absolute Gasteiger partial charge is 0.191 e. The second-order valence-corrected chi connectivity index (χ2v) is 8.35. The van der Waals surface area contributed by atoms with Crippen molar-refractivity contribution in [2.75, 3.05) is 25.1 Å². The predicted octanol–water partition coefficient (Wildman–Crippen LogP) is 1.29. The first-order valence-corrected chi connectivity index (χ1v) is 9.75. The Bertz CT molecular complexity index is 448. The lowest BCUT2D eigenvalue weighted by Gasteiger charge is -2.22. The Morgan fingerprint density at radius 3 is 2.45 bits per heavy atom. The molecule has 0 aromatic carbocycles. The second kappa shape index (κ2) is 9.92. The summed E-state index contributed by atoms with van der Waals surface area (Å²) in [6.45, 7) is 5.02. The minimum Gasteiger partial charge on any atom is -0.388 e. The van der Waals surface area contributed by atoms with Gasteiger partial charge in [0.05, 0.1) is 17.9 Å². The lowest BCUT2D eigenvalue weighted by atomic mass is 10.0. The minimum atomic E-state index is -2.94. The highest BCUT2D eigenvalue weighted by molar-refractivity contribution is 14.0. The SMILES string of the molecule is CCNC(=NCC1(O)CCCC1)NC(C)CCS(C)(=O)=O.I. The molecule has 1 aliphatic carbocycles. The van der Waals surface area contributed by atoms with Crippen molar-refractivity contribution in [3.05, 3.63) is 0 Å². The van der Waals surface area contributed by atoms with Crippen LogP contribution in [0.1, 0.15) is 46.0 Å². The molecule has 1 unspecified atom stereocenters. The fourth-order valence-corrected chi connectivity index (χ4v) is 3.22. The van der Waals surface area contributed by atoms with E-state index < -0.39 is 15.4 Å². The molecule has 0 amide bonds. The molecular weight excluding hydrogens is 417 g/mol. The van der Waals surface area contributed by atoms with Crippen LogP contribution in [-0.4, -0.2) is 56.2 Å². The van der Waals surface area contributed by atoms with Gasteiger partial charge in [0.25, 0.3) is 0 Å². The highest BCUT2D eigenvalue weighted by atomic mass is 127. The number of hydrogen-bond acceptors (Lipinski definition) is 4. The Hall–Kier alpha value is -0.0900. The van der Waals surface area contributed by atoms with Crippen molar-refractivity contribution in [3.63, 3.8) is 0 Å². The Morgan fingerprint density at radius 2 is 1.95 bits per heavy atom. The van der Waals surface area contributed by atoms with Gasteiger partial charge in [-0.1, -0.05) is 12.8 Å². The molecule has 0 saturated heterocycles. The van der Waals surface area contributed by atoms with Crippen molar-refractivity contribution in [1.29, 1.82) is 0 Å². The van der Waals surface area contributed by atoms with Crippen molar-refractivity contribution >= 4 is 39.8 Å². The summed E-state index contributed by atoms with van der Waals surface area (Å²) >= 11 is 0. The third kappa shape index (κ3) is 9.14. The molecule has 6 nitrogen and oxygen atoms in total. The first-order chi connectivity index (χ1) is 9.74. The molecule has 0 aromatic rings. The zero-order valence-electron chi connectivity index (χ0n) is 13.8. The van der Waals surface area contributed by atoms with Crippen LogP contribution in [0.4, 0.5) is 0 Å². The van der Waals surface area contributed by atoms with Gasteiger partial charge in [-0.3, -0.25) is 4.99 Å². The summed E-state index contributed by atoms with van der Waals surface area (Å²) in [5.41, 5.74) is -0.668. The molecule has 0 radical (unpaired) electrons. The summed E-state index contributed by atoms with van der Waals surface area (Å²) in [5, 5.41) is 16.6. The fourth-order valence-electron chi connectivity index (χ4n) is 2.43. The van der Waals surface area contributed by atoms with E-state index in [2.05, 4.69) is 15.6 Å². The van der Waals surface area contributed by atoms with Crippen LogP contribution in [0, 0.1) is 0 Å². The summed E-state index contributed by atoms with van der Waals surface area (Å²) in [4.78, 5) is 4.45. The highest BCUT2D eigenvalue weighted by Gasteiger charge is 2.30. The molecule has 0 heterocycles. The van der Waals surface area contributed by atoms with E-state index in [1.165, 1.54) is 6.26 Å². The first-order valence-electron chi connectivity index (χ1n) is 7.69. The number of guanidine groups is 1. The summed E-state index contributed by atoms with van der Waals surface area (Å²) in [6, 6.07) is 0.00995. The molecule has 8 heteroatoms. The first kappa shape index (κ1) is 21.9. The van der Waals surface area contributed by atoms with Gasteiger partial charge in [0, 0.05) is 18.8 Å². The Labute approximate surface area is 151 Å². The quantitative estimate of drug-likeness (QED) is 0.311. The molecular formula is C14H30IN3O3S. The highest BCUT2D eigenvalue weighted by Crippen LogP contribution is 2.29. The van der Waals surface area contributed by atoms with Crippen LogP contribution >= 0.6 is 24.0 Å². The van der Waals surface area contributed by atoms with Crippen molar-refractivity contribution in [2.45, 2.75) is 57.6 Å². The van der Waals surface area contributed by atoms with Gasteiger partial charge >= 0.3 is 0 Å². The summed E-state index contributed by atoms with van der Waals surface area (Å²) < 4.78 is 22.4. The van der Waals surface area contributed by atoms with Crippen LogP contribution in [-0.2, 0) is 9.84 Å². The molecule has 1 saturated carbocycles. The lowest BCUT2D eigenvalue weighted by molar-refractivity contribution is 0.0574. The maximum atomic E-state index is 11.2. The fraction of sp³-hybridized carbons (Fsp3) is 0.929. The molecule has 0 aromatic heterocycles. The molecule has 1 aliphatic rings. The average molecular weight is 447 g/mol. The van der Waals surface area contributed by atoms with Crippen LogP contribution in [0.3, 0.4) is 0 Å². The summed E-state index contributed by atoms with van der Waals surface area (Å²) in [5.74, 6) is 0.795. The molecule has 1 rings (SSSR count). The second-order valence-electron chi connectivity index (χ2n) is 6.09. The molecule has 1 atom stereocenters. The number of aliphatic hydroxyl groups is 1. The van der Waals surface area contributed by atoms with E-state index in [-0.39, 0.29) is 35.8 Å². The largest absolute Gasteiger partial charge is 0.388 e. The van der Waals surface area contributed by atoms with Gasteiger partial charge in [-0.15, -0.1) is 24.0 Å². The third-order valence-electron chi connectivity index (χ3n) is 3.71. The number of nitrogens with one attached hydrogen (secondary N) is 2. The van der Waals surface area contributed by atoms with Gasteiger partial charge in [-0.2, -0.15) is 0 Å². The van der Waals surface area contributed by atoms with E-state index in [9.17, 15) is 13.5 Å². The van der Waals surface area contributed by atoms with Crippen LogP contribution in [0.15, 0.2) is 4.99 Å². The van der Waals surface area contributed by atoms with Crippen molar-refractivity contribution in [1.82, 2.24) is 10.6 Å². The van der Waals surface area contributed by atoms with E-state index in [0.29, 0.717) is 18.9 Å². The Morgan fingerprint density at radius 1 is 1.36 bits per heavy atom. The average Bonchev–Trinajstić information content (AvgIpc) is 2.81. The number of halogens is 1. The molecule has 3 N–H and O–H groups in total. The molecule has 22 heavy (non-hydrogen) atoms. The van der Waals surface area contributed by atoms with Gasteiger partial charge in [0.15, 0.2) is 5.96 Å². The zero-order chi connectivity index (χ0) is 15.9. The van der Waals surface area contributed by atoms with E-state index >= 15 is 0 Å². The van der Waals surface area contributed by atoms with Crippen LogP contribution in [0.25, 0.3) is 0 Å². The zero-order valence-corrected chi connectivity index (χ0v) is 16.9. The summed E-state index contributed by atoms with van der Waals surface area (Å²) in [6.07, 6.45) is 5.50. The normalized spacial score (nSPS) is 19.4. The molecule has 132 valence electrons. The van der Waals surface area contributed by atoms with Crippen molar-refractivity contribution in [2.24, 2.45) is 4.99 Å². The topological polar surface area (TPSA) is 90.8 Å². The van der Waals surface area contributed by atoms with Crippen LogP contribution in [0.5, 0.6) is 0 Å². The van der Waals surface area contributed by atoms with Gasteiger partial charge in [0.2, 0.25) is 0 Å². The van der Waals surface area contributed by atoms with Gasteiger partial charge in [0.1, 0.15) is 9.84 Å². The molecule has 0 aliphatic heterocycles. The number of aliphatic imine (C=N–C) groups is 1. The molecule has 0 bridgehead atoms.